The Bertz CT molecular complexity index is 1380. The van der Waals surface area contributed by atoms with E-state index in [1.54, 1.807) is 24.3 Å². The van der Waals surface area contributed by atoms with E-state index in [1.807, 2.05) is 32.0 Å². The molecule has 0 saturated carbocycles. The lowest BCUT2D eigenvalue weighted by molar-refractivity contribution is -0.113. The molecule has 162 valence electrons. The number of hydrogen-bond donors (Lipinski definition) is 1. The summed E-state index contributed by atoms with van der Waals surface area (Å²) >= 11 is 1.06. The van der Waals surface area contributed by atoms with E-state index in [2.05, 4.69) is 10.3 Å². The number of nitrogens with zero attached hydrogens (tertiary/aromatic N) is 2. The number of thioether (sulfide) groups is 1. The number of fused-ring (bicyclic) bond motifs is 1. The van der Waals surface area contributed by atoms with Crippen LogP contribution >= 0.6 is 11.8 Å². The van der Waals surface area contributed by atoms with Gasteiger partial charge in [-0.05, 0) is 61.4 Å². The van der Waals surface area contributed by atoms with Crippen molar-refractivity contribution >= 4 is 34.3 Å². The molecule has 0 unspecified atom stereocenters. The molecule has 0 radical (unpaired) electrons. The van der Waals surface area contributed by atoms with Crippen molar-refractivity contribution in [3.8, 4) is 5.69 Å². The Hall–Kier alpha value is -3.52. The maximum absolute atomic E-state index is 13.8. The van der Waals surface area contributed by atoms with Crippen molar-refractivity contribution in [1.29, 1.82) is 0 Å². The first-order valence-electron chi connectivity index (χ1n) is 9.80. The van der Waals surface area contributed by atoms with Crippen LogP contribution in [0.5, 0.6) is 0 Å². The first kappa shape index (κ1) is 21.7. The molecule has 0 saturated heterocycles. The maximum Gasteiger partial charge on any atom is 0.266 e. The number of amides is 1. The van der Waals surface area contributed by atoms with Gasteiger partial charge in [-0.3, -0.25) is 14.2 Å². The van der Waals surface area contributed by atoms with Crippen molar-refractivity contribution < 1.29 is 13.6 Å². The average molecular weight is 451 g/mol. The predicted molar refractivity (Wildman–Crippen MR) is 123 cm³/mol. The topological polar surface area (TPSA) is 64.0 Å². The van der Waals surface area contributed by atoms with E-state index in [0.717, 1.165) is 35.0 Å². The summed E-state index contributed by atoms with van der Waals surface area (Å²) in [4.78, 5) is 30.3. The number of anilines is 1. The Labute approximate surface area is 187 Å². The molecule has 0 atom stereocenters. The van der Waals surface area contributed by atoms with Crippen molar-refractivity contribution in [2.24, 2.45) is 0 Å². The van der Waals surface area contributed by atoms with Gasteiger partial charge < -0.3 is 5.32 Å². The summed E-state index contributed by atoms with van der Waals surface area (Å²) in [6, 6.07) is 15.7. The number of halogens is 2. The molecule has 8 heteroatoms. The number of para-hydroxylation sites is 1. The molecule has 4 aromatic rings. The van der Waals surface area contributed by atoms with Gasteiger partial charge in [-0.1, -0.05) is 30.0 Å². The minimum Gasteiger partial charge on any atom is -0.323 e. The van der Waals surface area contributed by atoms with Gasteiger partial charge in [-0.15, -0.1) is 0 Å². The Kier molecular flexibility index (Phi) is 6.05. The van der Waals surface area contributed by atoms with E-state index in [-0.39, 0.29) is 17.0 Å². The Morgan fingerprint density at radius 2 is 1.75 bits per heavy atom. The van der Waals surface area contributed by atoms with Crippen molar-refractivity contribution in [2.45, 2.75) is 19.0 Å². The molecule has 1 amide bonds. The molecule has 32 heavy (non-hydrogen) atoms. The number of aryl methyl sites for hydroxylation is 2. The molecule has 1 N–H and O–H groups in total. The van der Waals surface area contributed by atoms with Crippen LogP contribution < -0.4 is 10.9 Å². The normalized spacial score (nSPS) is 11.0. The first-order chi connectivity index (χ1) is 15.3. The molecule has 5 nitrogen and oxygen atoms in total. The van der Waals surface area contributed by atoms with Crippen molar-refractivity contribution in [3.63, 3.8) is 0 Å². The van der Waals surface area contributed by atoms with Crippen LogP contribution in [-0.4, -0.2) is 21.2 Å². The SMILES string of the molecule is Cc1cc(C)cc(-n2c(SCC(=O)Nc3ccc(F)cc3F)nc3ccccc3c2=O)c1. The highest BCUT2D eigenvalue weighted by molar-refractivity contribution is 7.99. The highest BCUT2D eigenvalue weighted by Crippen LogP contribution is 2.23. The molecular formula is C24H19F2N3O2S. The zero-order valence-corrected chi connectivity index (χ0v) is 18.2. The second-order valence-electron chi connectivity index (χ2n) is 7.36. The number of hydrogen-bond acceptors (Lipinski definition) is 4. The molecule has 0 aliphatic carbocycles. The summed E-state index contributed by atoms with van der Waals surface area (Å²) in [5.41, 5.74) is 2.79. The second-order valence-corrected chi connectivity index (χ2v) is 8.30. The Morgan fingerprint density at radius 1 is 1.03 bits per heavy atom. The lowest BCUT2D eigenvalue weighted by atomic mass is 10.1. The van der Waals surface area contributed by atoms with Crippen molar-refractivity contribution in [2.75, 3.05) is 11.1 Å². The number of carbonyl (C=O) groups excluding carboxylic acids is 1. The molecular weight excluding hydrogens is 432 g/mol. The monoisotopic (exact) mass is 451 g/mol. The lowest BCUT2D eigenvalue weighted by Crippen LogP contribution is -2.23. The number of nitrogens with one attached hydrogen (secondary N) is 1. The highest BCUT2D eigenvalue weighted by Gasteiger charge is 2.16. The number of carbonyl (C=O) groups is 1. The van der Waals surface area contributed by atoms with Crippen LogP contribution in [0.3, 0.4) is 0 Å². The van der Waals surface area contributed by atoms with Gasteiger partial charge in [0.15, 0.2) is 5.16 Å². The van der Waals surface area contributed by atoms with Crippen LogP contribution in [0, 0.1) is 25.5 Å². The molecule has 1 heterocycles. The van der Waals surface area contributed by atoms with Gasteiger partial charge in [0.2, 0.25) is 5.91 Å². The fourth-order valence-corrected chi connectivity index (χ4v) is 4.24. The summed E-state index contributed by atoms with van der Waals surface area (Å²) in [6.07, 6.45) is 0. The summed E-state index contributed by atoms with van der Waals surface area (Å²) < 4.78 is 28.4. The predicted octanol–water partition coefficient (Wildman–Crippen LogP) is 5.01. The van der Waals surface area contributed by atoms with Gasteiger partial charge in [0, 0.05) is 6.07 Å². The van der Waals surface area contributed by atoms with Crippen LogP contribution in [0.25, 0.3) is 16.6 Å². The molecule has 0 bridgehead atoms. The molecule has 1 aromatic heterocycles. The van der Waals surface area contributed by atoms with Gasteiger partial charge >= 0.3 is 0 Å². The number of benzene rings is 3. The smallest absolute Gasteiger partial charge is 0.266 e. The van der Waals surface area contributed by atoms with Gasteiger partial charge in [-0.25, -0.2) is 13.8 Å². The number of aromatic nitrogens is 2. The van der Waals surface area contributed by atoms with E-state index < -0.39 is 17.5 Å². The van der Waals surface area contributed by atoms with Crippen LogP contribution in [0.1, 0.15) is 11.1 Å². The molecule has 3 aromatic carbocycles. The largest absolute Gasteiger partial charge is 0.323 e. The Morgan fingerprint density at radius 3 is 2.47 bits per heavy atom. The third-order valence-electron chi connectivity index (χ3n) is 4.75. The standard InChI is InChI=1S/C24H19F2N3O2S/c1-14-9-15(2)11-17(10-14)29-23(31)18-5-3-4-6-20(18)28-24(29)32-13-22(30)27-21-8-7-16(25)12-19(21)26/h3-12H,13H2,1-2H3,(H,27,30). The van der Waals surface area contributed by atoms with Crippen molar-refractivity contribution in [1.82, 2.24) is 9.55 Å². The third-order valence-corrected chi connectivity index (χ3v) is 5.69. The summed E-state index contributed by atoms with van der Waals surface area (Å²) in [6.45, 7) is 3.88. The quantitative estimate of drug-likeness (QED) is 0.342. The molecule has 4 rings (SSSR count). The van der Waals surface area contributed by atoms with E-state index in [1.165, 1.54) is 4.57 Å². The van der Waals surface area contributed by atoms with Gasteiger partial charge in [0.25, 0.3) is 5.56 Å². The van der Waals surface area contributed by atoms with Crippen LogP contribution in [0.15, 0.2) is 70.6 Å². The van der Waals surface area contributed by atoms with Crippen LogP contribution in [-0.2, 0) is 4.79 Å². The van der Waals surface area contributed by atoms with Gasteiger partial charge in [-0.2, -0.15) is 0 Å². The minimum atomic E-state index is -0.862. The first-order valence-corrected chi connectivity index (χ1v) is 10.8. The van der Waals surface area contributed by atoms with E-state index in [9.17, 15) is 18.4 Å². The van der Waals surface area contributed by atoms with E-state index in [4.69, 9.17) is 0 Å². The number of rotatable bonds is 5. The molecule has 0 aliphatic heterocycles. The fourth-order valence-electron chi connectivity index (χ4n) is 3.42. The lowest BCUT2D eigenvalue weighted by Gasteiger charge is -2.14. The molecule has 0 spiro atoms. The van der Waals surface area contributed by atoms with Gasteiger partial charge in [0.05, 0.1) is 28.0 Å². The van der Waals surface area contributed by atoms with Gasteiger partial charge in [0.1, 0.15) is 11.6 Å². The molecule has 0 aliphatic rings. The van der Waals surface area contributed by atoms with E-state index >= 15 is 0 Å². The molecule has 0 fully saturated rings. The van der Waals surface area contributed by atoms with Crippen LogP contribution in [0.2, 0.25) is 0 Å². The van der Waals surface area contributed by atoms with E-state index in [0.29, 0.717) is 27.8 Å². The third kappa shape index (κ3) is 4.55. The Balaban J connectivity index is 1.69. The second kappa shape index (κ2) is 8.92. The zero-order valence-electron chi connectivity index (χ0n) is 17.4. The summed E-state index contributed by atoms with van der Waals surface area (Å²) in [5.74, 6) is -2.21. The van der Waals surface area contributed by atoms with Crippen molar-refractivity contribution in [3.05, 3.63) is 93.8 Å². The highest BCUT2D eigenvalue weighted by atomic mass is 32.2. The van der Waals surface area contributed by atoms with Crippen LogP contribution in [0.4, 0.5) is 14.5 Å². The fraction of sp³-hybridized carbons (Fsp3) is 0.125. The zero-order chi connectivity index (χ0) is 22.8. The summed E-state index contributed by atoms with van der Waals surface area (Å²) in [7, 11) is 0. The maximum atomic E-state index is 13.8. The summed E-state index contributed by atoms with van der Waals surface area (Å²) in [5, 5.41) is 3.23. The minimum absolute atomic E-state index is 0.116. The average Bonchev–Trinajstić information content (AvgIpc) is 2.73.